The van der Waals surface area contributed by atoms with E-state index in [1.54, 1.807) is 0 Å². The van der Waals surface area contributed by atoms with Gasteiger partial charge < -0.3 is 12.7 Å². The third-order valence-corrected chi connectivity index (χ3v) is 15.6. The highest BCUT2D eigenvalue weighted by molar-refractivity contribution is 6.90. The van der Waals surface area contributed by atoms with Crippen LogP contribution in [-0.2, 0) is 12.7 Å². The molecule has 0 spiro atoms. The van der Waals surface area contributed by atoms with E-state index in [-0.39, 0.29) is 0 Å². The molecule has 0 radical (unpaired) electrons. The van der Waals surface area contributed by atoms with Crippen LogP contribution in [0.15, 0.2) is 36.7 Å². The van der Waals surface area contributed by atoms with E-state index in [0.717, 1.165) is 6.42 Å². The van der Waals surface area contributed by atoms with Crippen LogP contribution in [-0.4, -0.2) is 32.0 Å². The number of hydrogen-bond donors (Lipinski definition) is 0. The molecule has 0 saturated heterocycles. The van der Waals surface area contributed by atoms with E-state index >= 15 is 0 Å². The molecule has 0 heterocycles. The summed E-state index contributed by atoms with van der Waals surface area (Å²) >= 11 is 0. The SMILES string of the molecule is C=C[Si](C)(C)O[Si](OCC)(O[Si](C)(C)C=C)C1CC2C=CC1C2. The molecule has 2 aliphatic carbocycles. The van der Waals surface area contributed by atoms with Gasteiger partial charge in [-0.1, -0.05) is 23.6 Å². The van der Waals surface area contributed by atoms with Gasteiger partial charge in [0.25, 0.3) is 0 Å². The van der Waals surface area contributed by atoms with Crippen LogP contribution in [0.1, 0.15) is 19.8 Å². The topological polar surface area (TPSA) is 27.7 Å². The van der Waals surface area contributed by atoms with E-state index in [1.165, 1.54) is 6.42 Å². The minimum atomic E-state index is -2.80. The van der Waals surface area contributed by atoms with Gasteiger partial charge in [0.1, 0.15) is 0 Å². The van der Waals surface area contributed by atoms with E-state index in [4.69, 9.17) is 12.7 Å². The highest BCUT2D eigenvalue weighted by Gasteiger charge is 2.59. The van der Waals surface area contributed by atoms with Gasteiger partial charge in [0, 0.05) is 12.1 Å². The van der Waals surface area contributed by atoms with Gasteiger partial charge in [-0.3, -0.25) is 0 Å². The van der Waals surface area contributed by atoms with Crippen molar-refractivity contribution in [1.29, 1.82) is 0 Å². The Morgan fingerprint density at radius 2 is 1.57 bits per heavy atom. The first-order valence-corrected chi connectivity index (χ1v) is 16.4. The van der Waals surface area contributed by atoms with Crippen molar-refractivity contribution in [3.8, 4) is 0 Å². The van der Waals surface area contributed by atoms with Crippen molar-refractivity contribution in [2.45, 2.75) is 51.5 Å². The van der Waals surface area contributed by atoms with Crippen LogP contribution in [0, 0.1) is 11.8 Å². The summed E-state index contributed by atoms with van der Waals surface area (Å²) in [6, 6.07) is 0. The third kappa shape index (κ3) is 4.24. The number of hydrogen-bond acceptors (Lipinski definition) is 3. The van der Waals surface area contributed by atoms with Crippen LogP contribution in [0.4, 0.5) is 0 Å². The van der Waals surface area contributed by atoms with E-state index in [2.05, 4.69) is 51.5 Å². The van der Waals surface area contributed by atoms with Crippen LogP contribution in [0.3, 0.4) is 0 Å². The van der Waals surface area contributed by atoms with Gasteiger partial charge in [-0.25, -0.2) is 0 Å². The fourth-order valence-corrected chi connectivity index (χ4v) is 14.3. The third-order valence-electron chi connectivity index (χ3n) is 4.87. The maximum atomic E-state index is 6.76. The second-order valence-corrected chi connectivity index (χ2v) is 18.8. The predicted octanol–water partition coefficient (Wildman–Crippen LogP) is 4.82. The summed E-state index contributed by atoms with van der Waals surface area (Å²) in [5.74, 6) is 1.22. The molecule has 3 atom stereocenters. The molecule has 2 aliphatic rings. The lowest BCUT2D eigenvalue weighted by Crippen LogP contribution is -2.61. The molecular formula is C17H32O3Si3. The van der Waals surface area contributed by atoms with Crippen molar-refractivity contribution < 1.29 is 12.7 Å². The Balaban J connectivity index is 2.39. The fourth-order valence-electron chi connectivity index (χ4n) is 3.54. The Morgan fingerprint density at radius 1 is 1.00 bits per heavy atom. The molecule has 2 rings (SSSR count). The first-order chi connectivity index (χ1) is 10.7. The van der Waals surface area contributed by atoms with Crippen LogP contribution >= 0.6 is 0 Å². The van der Waals surface area contributed by atoms with E-state index < -0.39 is 25.4 Å². The van der Waals surface area contributed by atoms with E-state index in [0.29, 0.717) is 24.0 Å². The molecule has 0 amide bonds. The van der Waals surface area contributed by atoms with Crippen molar-refractivity contribution in [3.63, 3.8) is 0 Å². The maximum Gasteiger partial charge on any atom is 0.484 e. The highest BCUT2D eigenvalue weighted by atomic mass is 28.5. The summed E-state index contributed by atoms with van der Waals surface area (Å²) in [4.78, 5) is 0. The van der Waals surface area contributed by atoms with Gasteiger partial charge in [0.2, 0.25) is 16.6 Å². The van der Waals surface area contributed by atoms with Crippen molar-refractivity contribution in [2.24, 2.45) is 11.8 Å². The minimum Gasteiger partial charge on any atom is -0.412 e. The van der Waals surface area contributed by atoms with Gasteiger partial charge in [0.15, 0.2) is 0 Å². The molecule has 0 aliphatic heterocycles. The van der Waals surface area contributed by atoms with Gasteiger partial charge in [-0.05, 0) is 57.8 Å². The first-order valence-electron chi connectivity index (χ1n) is 8.67. The zero-order valence-electron chi connectivity index (χ0n) is 15.3. The van der Waals surface area contributed by atoms with Crippen LogP contribution < -0.4 is 0 Å². The quantitative estimate of drug-likeness (QED) is 0.431. The van der Waals surface area contributed by atoms with Crippen molar-refractivity contribution >= 4 is 25.4 Å². The zero-order valence-corrected chi connectivity index (χ0v) is 18.3. The number of fused-ring (bicyclic) bond motifs is 2. The largest absolute Gasteiger partial charge is 0.484 e. The lowest BCUT2D eigenvalue weighted by Gasteiger charge is -2.44. The van der Waals surface area contributed by atoms with Gasteiger partial charge in [-0.15, -0.1) is 13.2 Å². The summed E-state index contributed by atoms with van der Waals surface area (Å²) in [5.41, 5.74) is 4.36. The van der Waals surface area contributed by atoms with Crippen LogP contribution in [0.25, 0.3) is 0 Å². The summed E-state index contributed by atoms with van der Waals surface area (Å²) in [6.45, 7) is 19.4. The highest BCUT2D eigenvalue weighted by Crippen LogP contribution is 2.53. The Bertz CT molecular complexity index is 465. The lowest BCUT2D eigenvalue weighted by molar-refractivity contribution is 0.152. The minimum absolute atomic E-state index is 0.385. The Hall–Kier alpha value is -0.249. The number of allylic oxidation sites excluding steroid dienone is 2. The first kappa shape index (κ1) is 19.1. The second-order valence-electron chi connectivity index (χ2n) is 7.74. The second kappa shape index (κ2) is 6.93. The summed E-state index contributed by atoms with van der Waals surface area (Å²) < 4.78 is 19.9. The van der Waals surface area contributed by atoms with Crippen molar-refractivity contribution in [1.82, 2.24) is 0 Å². The predicted molar refractivity (Wildman–Crippen MR) is 104 cm³/mol. The van der Waals surface area contributed by atoms with Crippen molar-refractivity contribution in [2.75, 3.05) is 6.61 Å². The molecule has 3 nitrogen and oxygen atoms in total. The molecular weight excluding hydrogens is 336 g/mol. The van der Waals surface area contributed by atoms with E-state index in [9.17, 15) is 0 Å². The molecule has 1 fully saturated rings. The van der Waals surface area contributed by atoms with Gasteiger partial charge in [0.05, 0.1) is 0 Å². The van der Waals surface area contributed by atoms with Gasteiger partial charge in [-0.2, -0.15) is 0 Å². The Labute approximate surface area is 145 Å². The smallest absolute Gasteiger partial charge is 0.412 e. The monoisotopic (exact) mass is 368 g/mol. The molecule has 23 heavy (non-hydrogen) atoms. The molecule has 6 heteroatoms. The number of rotatable bonds is 9. The molecule has 3 unspecified atom stereocenters. The zero-order chi connectivity index (χ0) is 17.3. The molecule has 0 aromatic heterocycles. The average Bonchev–Trinajstić information content (AvgIpc) is 3.09. The maximum absolute atomic E-state index is 6.76. The summed E-state index contributed by atoms with van der Waals surface area (Å²) in [5, 5.41) is 0. The standard InChI is InChI=1S/C17H32O3Si3/c1-8-18-23(19-21(4,5)9-2,20-22(6,7)10-3)17-14-15-11-12-16(17)13-15/h9-12,15-17H,2-3,8,13-14H2,1,4-7H3. The molecule has 1 saturated carbocycles. The van der Waals surface area contributed by atoms with E-state index in [1.807, 2.05) is 18.3 Å². The lowest BCUT2D eigenvalue weighted by atomic mass is 10.1. The molecule has 130 valence electrons. The fraction of sp³-hybridized carbons (Fsp3) is 0.647. The molecule has 0 N–H and O–H groups in total. The normalized spacial score (nSPS) is 27.4. The van der Waals surface area contributed by atoms with Crippen LogP contribution in [0.2, 0.25) is 31.7 Å². The summed E-state index contributed by atoms with van der Waals surface area (Å²) in [7, 11) is -6.84. The molecule has 0 aromatic rings. The Kier molecular flexibility index (Phi) is 5.75. The van der Waals surface area contributed by atoms with Crippen molar-refractivity contribution in [3.05, 3.63) is 36.7 Å². The molecule has 0 aromatic carbocycles. The Morgan fingerprint density at radius 3 is 1.91 bits per heavy atom. The van der Waals surface area contributed by atoms with Gasteiger partial charge >= 0.3 is 8.80 Å². The average molecular weight is 369 g/mol. The summed E-state index contributed by atoms with van der Waals surface area (Å²) in [6.07, 6.45) is 7.08. The van der Waals surface area contributed by atoms with Crippen LogP contribution in [0.5, 0.6) is 0 Å². The molecule has 2 bridgehead atoms.